The summed E-state index contributed by atoms with van der Waals surface area (Å²) in [6.07, 6.45) is 4.94. The van der Waals surface area contributed by atoms with E-state index in [0.717, 1.165) is 24.2 Å². The second kappa shape index (κ2) is 4.03. The zero-order chi connectivity index (χ0) is 8.10. The number of aliphatic hydroxyl groups excluding tert-OH is 1. The Bertz CT molecular complexity index is 225. The van der Waals surface area contributed by atoms with Crippen LogP contribution in [0.4, 0.5) is 0 Å². The van der Waals surface area contributed by atoms with Gasteiger partial charge >= 0.3 is 0 Å². The van der Waals surface area contributed by atoms with Crippen LogP contribution < -0.4 is 0 Å². The van der Waals surface area contributed by atoms with Gasteiger partial charge in [-0.05, 0) is 19.8 Å². The molecule has 0 aliphatic heterocycles. The van der Waals surface area contributed by atoms with Gasteiger partial charge < -0.3 is 5.11 Å². The van der Waals surface area contributed by atoms with Crippen LogP contribution in [0.3, 0.4) is 0 Å². The number of aryl methyl sites for hydroxylation is 2. The first-order chi connectivity index (χ1) is 5.34. The predicted molar refractivity (Wildman–Crippen MR) is 42.2 cm³/mol. The molecule has 1 N–H and O–H groups in total. The highest BCUT2D eigenvalue weighted by Crippen LogP contribution is 2.01. The Morgan fingerprint density at radius 3 is 2.73 bits per heavy atom. The number of nitrogens with zero attached hydrogens (tertiary/aromatic N) is 2. The van der Waals surface area contributed by atoms with E-state index in [-0.39, 0.29) is 6.61 Å². The zero-order valence-electron chi connectivity index (χ0n) is 6.62. The van der Waals surface area contributed by atoms with Crippen LogP contribution in [-0.4, -0.2) is 21.7 Å². The number of hydrogen-bond acceptors (Lipinski definition) is 3. The van der Waals surface area contributed by atoms with Gasteiger partial charge in [-0.2, -0.15) is 0 Å². The van der Waals surface area contributed by atoms with Crippen LogP contribution >= 0.6 is 0 Å². The summed E-state index contributed by atoms with van der Waals surface area (Å²) in [6.45, 7) is 2.15. The molecule has 0 bridgehead atoms. The van der Waals surface area contributed by atoms with Gasteiger partial charge in [0.2, 0.25) is 0 Å². The first-order valence-electron chi connectivity index (χ1n) is 3.72. The van der Waals surface area contributed by atoms with E-state index in [1.807, 2.05) is 6.92 Å². The van der Waals surface area contributed by atoms with Crippen molar-refractivity contribution in [2.45, 2.75) is 19.8 Å². The van der Waals surface area contributed by atoms with Gasteiger partial charge in [-0.3, -0.25) is 9.97 Å². The number of aromatic nitrogens is 2. The molecule has 1 heterocycles. The van der Waals surface area contributed by atoms with Crippen LogP contribution in [0.25, 0.3) is 0 Å². The van der Waals surface area contributed by atoms with E-state index in [2.05, 4.69) is 9.97 Å². The maximum absolute atomic E-state index is 8.57. The van der Waals surface area contributed by atoms with Crippen molar-refractivity contribution >= 4 is 0 Å². The van der Waals surface area contributed by atoms with E-state index in [9.17, 15) is 0 Å². The minimum absolute atomic E-state index is 0.218. The van der Waals surface area contributed by atoms with Gasteiger partial charge in [0.15, 0.2) is 0 Å². The molecule has 1 rings (SSSR count). The highest BCUT2D eigenvalue weighted by molar-refractivity contribution is 5.07. The molecular formula is C8H12N2O. The van der Waals surface area contributed by atoms with Crippen molar-refractivity contribution in [3.63, 3.8) is 0 Å². The highest BCUT2D eigenvalue weighted by atomic mass is 16.2. The molecule has 11 heavy (non-hydrogen) atoms. The summed E-state index contributed by atoms with van der Waals surface area (Å²) in [5.74, 6) is 0. The predicted octanol–water partition coefficient (Wildman–Crippen LogP) is 0.710. The third-order valence-corrected chi connectivity index (χ3v) is 1.55. The fourth-order valence-corrected chi connectivity index (χ4v) is 0.928. The molecule has 0 unspecified atom stereocenters. The minimum Gasteiger partial charge on any atom is -0.396 e. The maximum Gasteiger partial charge on any atom is 0.0616 e. The van der Waals surface area contributed by atoms with Gasteiger partial charge in [0.25, 0.3) is 0 Å². The van der Waals surface area contributed by atoms with E-state index in [1.54, 1.807) is 12.4 Å². The molecular weight excluding hydrogens is 140 g/mol. The van der Waals surface area contributed by atoms with Crippen molar-refractivity contribution in [2.75, 3.05) is 6.61 Å². The van der Waals surface area contributed by atoms with Crippen molar-refractivity contribution in [3.05, 3.63) is 23.8 Å². The SMILES string of the molecule is Cc1nccnc1CCCO. The molecule has 0 saturated heterocycles. The molecule has 0 radical (unpaired) electrons. The summed E-state index contributed by atoms with van der Waals surface area (Å²) in [5.41, 5.74) is 1.95. The Hall–Kier alpha value is -0.960. The van der Waals surface area contributed by atoms with Crippen molar-refractivity contribution in [2.24, 2.45) is 0 Å². The Balaban J connectivity index is 2.62. The smallest absolute Gasteiger partial charge is 0.0616 e. The van der Waals surface area contributed by atoms with Crippen molar-refractivity contribution < 1.29 is 5.11 Å². The van der Waals surface area contributed by atoms with Crippen LogP contribution in [0.2, 0.25) is 0 Å². The quantitative estimate of drug-likeness (QED) is 0.693. The van der Waals surface area contributed by atoms with E-state index in [1.165, 1.54) is 0 Å². The van der Waals surface area contributed by atoms with Crippen molar-refractivity contribution in [3.8, 4) is 0 Å². The summed E-state index contributed by atoms with van der Waals surface area (Å²) < 4.78 is 0. The number of rotatable bonds is 3. The molecule has 0 spiro atoms. The Labute approximate surface area is 66.1 Å². The summed E-state index contributed by atoms with van der Waals surface area (Å²) in [7, 11) is 0. The van der Waals surface area contributed by atoms with Gasteiger partial charge in [-0.15, -0.1) is 0 Å². The second-order valence-corrected chi connectivity index (χ2v) is 2.42. The van der Waals surface area contributed by atoms with Crippen molar-refractivity contribution in [1.82, 2.24) is 9.97 Å². The minimum atomic E-state index is 0.218. The summed E-state index contributed by atoms with van der Waals surface area (Å²) in [4.78, 5) is 8.23. The summed E-state index contributed by atoms with van der Waals surface area (Å²) in [6, 6.07) is 0. The Morgan fingerprint density at radius 2 is 2.09 bits per heavy atom. The van der Waals surface area contributed by atoms with Crippen LogP contribution in [0.1, 0.15) is 17.8 Å². The van der Waals surface area contributed by atoms with Gasteiger partial charge in [-0.25, -0.2) is 0 Å². The van der Waals surface area contributed by atoms with Gasteiger partial charge in [0.05, 0.1) is 11.4 Å². The lowest BCUT2D eigenvalue weighted by molar-refractivity contribution is 0.288. The zero-order valence-corrected chi connectivity index (χ0v) is 6.62. The Kier molecular flexibility index (Phi) is 2.98. The van der Waals surface area contributed by atoms with Gasteiger partial charge in [0.1, 0.15) is 0 Å². The fraction of sp³-hybridized carbons (Fsp3) is 0.500. The lowest BCUT2D eigenvalue weighted by Gasteiger charge is -2.00. The summed E-state index contributed by atoms with van der Waals surface area (Å²) in [5, 5.41) is 8.57. The molecule has 0 amide bonds. The molecule has 0 atom stereocenters. The van der Waals surface area contributed by atoms with Crippen LogP contribution in [-0.2, 0) is 6.42 Å². The molecule has 0 aromatic carbocycles. The first-order valence-corrected chi connectivity index (χ1v) is 3.72. The first kappa shape index (κ1) is 8.14. The molecule has 0 fully saturated rings. The molecule has 3 heteroatoms. The molecule has 3 nitrogen and oxygen atoms in total. The van der Waals surface area contributed by atoms with E-state index in [4.69, 9.17) is 5.11 Å². The third-order valence-electron chi connectivity index (χ3n) is 1.55. The maximum atomic E-state index is 8.57. The van der Waals surface area contributed by atoms with Crippen LogP contribution in [0.5, 0.6) is 0 Å². The normalized spacial score (nSPS) is 10.0. The largest absolute Gasteiger partial charge is 0.396 e. The molecule has 60 valence electrons. The molecule has 1 aromatic rings. The van der Waals surface area contributed by atoms with E-state index in [0.29, 0.717) is 0 Å². The monoisotopic (exact) mass is 152 g/mol. The topological polar surface area (TPSA) is 46.0 Å². The number of aliphatic hydroxyl groups is 1. The van der Waals surface area contributed by atoms with Gasteiger partial charge in [-0.1, -0.05) is 0 Å². The second-order valence-electron chi connectivity index (χ2n) is 2.42. The molecule has 0 saturated carbocycles. The highest BCUT2D eigenvalue weighted by Gasteiger charge is 1.97. The standard InChI is InChI=1S/C8H12N2O/c1-7-8(3-2-6-11)10-5-4-9-7/h4-5,11H,2-3,6H2,1H3. The lowest BCUT2D eigenvalue weighted by Crippen LogP contribution is -1.97. The van der Waals surface area contributed by atoms with Crippen LogP contribution in [0.15, 0.2) is 12.4 Å². The number of hydrogen-bond donors (Lipinski definition) is 1. The van der Waals surface area contributed by atoms with Crippen molar-refractivity contribution in [1.29, 1.82) is 0 Å². The average Bonchev–Trinajstić information content (AvgIpc) is 2.03. The van der Waals surface area contributed by atoms with Gasteiger partial charge in [0, 0.05) is 19.0 Å². The lowest BCUT2D eigenvalue weighted by atomic mass is 10.2. The molecule has 0 aliphatic carbocycles. The molecule has 0 aliphatic rings. The average molecular weight is 152 g/mol. The fourth-order valence-electron chi connectivity index (χ4n) is 0.928. The Morgan fingerprint density at radius 1 is 1.36 bits per heavy atom. The molecule has 1 aromatic heterocycles. The van der Waals surface area contributed by atoms with E-state index < -0.39 is 0 Å². The third kappa shape index (κ3) is 2.27. The van der Waals surface area contributed by atoms with E-state index >= 15 is 0 Å². The van der Waals surface area contributed by atoms with Crippen LogP contribution in [0, 0.1) is 6.92 Å². The summed E-state index contributed by atoms with van der Waals surface area (Å²) >= 11 is 0.